The van der Waals surface area contributed by atoms with E-state index in [1.54, 1.807) is 18.2 Å². The quantitative estimate of drug-likeness (QED) is 0.804. The predicted octanol–water partition coefficient (Wildman–Crippen LogP) is 2.53. The standard InChI is InChI=1S/C18H29N3O3S/c1-4-21(5-2)25(23,24)17-11-8-10-16(13-17)19-18(22)14-20-12-7-6-9-15(20)3/h8,10-11,13,15H,4-7,9,12,14H2,1-3H3,(H,19,22)/t15-/m1/s1. The first kappa shape index (κ1) is 19.9. The number of benzene rings is 1. The van der Waals surface area contributed by atoms with E-state index in [1.165, 1.54) is 16.8 Å². The highest BCUT2D eigenvalue weighted by Crippen LogP contribution is 2.20. The summed E-state index contributed by atoms with van der Waals surface area (Å²) in [6.07, 6.45) is 3.45. The third-order valence-electron chi connectivity index (χ3n) is 4.75. The van der Waals surface area contributed by atoms with Crippen LogP contribution in [-0.4, -0.2) is 55.8 Å². The molecule has 6 nitrogen and oxygen atoms in total. The van der Waals surface area contributed by atoms with E-state index >= 15 is 0 Å². The van der Waals surface area contributed by atoms with Crippen LogP contribution in [-0.2, 0) is 14.8 Å². The van der Waals surface area contributed by atoms with E-state index in [2.05, 4.69) is 17.1 Å². The predicted molar refractivity (Wildman–Crippen MR) is 100 cm³/mol. The average Bonchev–Trinajstić information content (AvgIpc) is 2.58. The van der Waals surface area contributed by atoms with Gasteiger partial charge in [0.15, 0.2) is 0 Å². The smallest absolute Gasteiger partial charge is 0.243 e. The van der Waals surface area contributed by atoms with Crippen LogP contribution in [0.3, 0.4) is 0 Å². The first-order valence-electron chi connectivity index (χ1n) is 9.02. The number of nitrogens with one attached hydrogen (secondary N) is 1. The van der Waals surface area contributed by atoms with Crippen LogP contribution in [0.25, 0.3) is 0 Å². The third kappa shape index (κ3) is 5.03. The zero-order chi connectivity index (χ0) is 18.4. The lowest BCUT2D eigenvalue weighted by atomic mass is 10.0. The Hall–Kier alpha value is -1.44. The highest BCUT2D eigenvalue weighted by atomic mass is 32.2. The van der Waals surface area contributed by atoms with Crippen LogP contribution in [0.1, 0.15) is 40.0 Å². The molecule has 0 radical (unpaired) electrons. The molecule has 140 valence electrons. The molecular formula is C18H29N3O3S. The molecule has 1 aromatic carbocycles. The summed E-state index contributed by atoms with van der Waals surface area (Å²) >= 11 is 0. The second-order valence-corrected chi connectivity index (χ2v) is 8.42. The van der Waals surface area contributed by atoms with Crippen molar-refractivity contribution in [2.75, 3.05) is 31.5 Å². The number of hydrogen-bond donors (Lipinski definition) is 1. The van der Waals surface area contributed by atoms with Crippen LogP contribution >= 0.6 is 0 Å². The molecule has 2 rings (SSSR count). The van der Waals surface area contributed by atoms with Gasteiger partial charge in [-0.2, -0.15) is 4.31 Å². The lowest BCUT2D eigenvalue weighted by molar-refractivity contribution is -0.118. The molecule has 1 fully saturated rings. The Bertz CT molecular complexity index is 687. The van der Waals surface area contributed by atoms with Gasteiger partial charge in [0.25, 0.3) is 0 Å². The SMILES string of the molecule is CCN(CC)S(=O)(=O)c1cccc(NC(=O)CN2CCCC[C@H]2C)c1. The highest BCUT2D eigenvalue weighted by molar-refractivity contribution is 7.89. The normalized spacial score (nSPS) is 19.1. The molecule has 0 bridgehead atoms. The number of likely N-dealkylation sites (tertiary alicyclic amines) is 1. The Morgan fingerprint density at radius 1 is 1.28 bits per heavy atom. The van der Waals surface area contributed by atoms with Gasteiger partial charge in [-0.3, -0.25) is 9.69 Å². The van der Waals surface area contributed by atoms with Crippen molar-refractivity contribution in [2.24, 2.45) is 0 Å². The molecular weight excluding hydrogens is 338 g/mol. The number of rotatable bonds is 7. The van der Waals surface area contributed by atoms with Crippen molar-refractivity contribution in [3.05, 3.63) is 24.3 Å². The molecule has 1 aliphatic rings. The number of nitrogens with zero attached hydrogens (tertiary/aromatic N) is 2. The minimum absolute atomic E-state index is 0.105. The monoisotopic (exact) mass is 367 g/mol. The maximum absolute atomic E-state index is 12.6. The summed E-state index contributed by atoms with van der Waals surface area (Å²) in [5.74, 6) is -0.105. The number of carbonyl (C=O) groups is 1. The fourth-order valence-corrected chi connectivity index (χ4v) is 4.73. The number of hydrogen-bond acceptors (Lipinski definition) is 4. The van der Waals surface area contributed by atoms with Crippen LogP contribution in [0.2, 0.25) is 0 Å². The molecule has 1 amide bonds. The van der Waals surface area contributed by atoms with Gasteiger partial charge in [-0.25, -0.2) is 8.42 Å². The summed E-state index contributed by atoms with van der Waals surface area (Å²) in [6.45, 7) is 7.88. The van der Waals surface area contributed by atoms with Gasteiger partial charge in [0.05, 0.1) is 11.4 Å². The number of anilines is 1. The Kier molecular flexibility index (Phi) is 6.98. The summed E-state index contributed by atoms with van der Waals surface area (Å²) < 4.78 is 26.6. The van der Waals surface area contributed by atoms with Gasteiger partial charge in [0, 0.05) is 24.8 Å². The van der Waals surface area contributed by atoms with E-state index < -0.39 is 10.0 Å². The molecule has 1 saturated heterocycles. The third-order valence-corrected chi connectivity index (χ3v) is 6.79. The van der Waals surface area contributed by atoms with Gasteiger partial charge in [-0.05, 0) is 44.5 Å². The maximum atomic E-state index is 12.6. The van der Waals surface area contributed by atoms with Gasteiger partial charge < -0.3 is 5.32 Å². The molecule has 1 N–H and O–H groups in total. The zero-order valence-corrected chi connectivity index (χ0v) is 16.2. The Labute approximate surface area is 151 Å². The number of sulfonamides is 1. The van der Waals surface area contributed by atoms with Crippen molar-refractivity contribution in [1.29, 1.82) is 0 Å². The molecule has 0 saturated carbocycles. The van der Waals surface area contributed by atoms with Crippen LogP contribution in [0, 0.1) is 0 Å². The number of amides is 1. The minimum Gasteiger partial charge on any atom is -0.325 e. The molecule has 1 atom stereocenters. The van der Waals surface area contributed by atoms with Crippen molar-refractivity contribution in [3.63, 3.8) is 0 Å². The number of carbonyl (C=O) groups excluding carboxylic acids is 1. The Morgan fingerprint density at radius 3 is 2.64 bits per heavy atom. The van der Waals surface area contributed by atoms with E-state index in [0.717, 1.165) is 19.4 Å². The first-order chi connectivity index (χ1) is 11.9. The van der Waals surface area contributed by atoms with Gasteiger partial charge in [-0.15, -0.1) is 0 Å². The van der Waals surface area contributed by atoms with Gasteiger partial charge in [-0.1, -0.05) is 26.3 Å². The Balaban J connectivity index is 2.07. The minimum atomic E-state index is -3.52. The van der Waals surface area contributed by atoms with E-state index in [-0.39, 0.29) is 10.8 Å². The lowest BCUT2D eigenvalue weighted by Gasteiger charge is -2.32. The molecule has 0 aliphatic carbocycles. The van der Waals surface area contributed by atoms with Crippen LogP contribution in [0.5, 0.6) is 0 Å². The fraction of sp³-hybridized carbons (Fsp3) is 0.611. The fourth-order valence-electron chi connectivity index (χ4n) is 3.22. The summed E-state index contributed by atoms with van der Waals surface area (Å²) in [7, 11) is -3.52. The van der Waals surface area contributed by atoms with Crippen molar-refractivity contribution < 1.29 is 13.2 Å². The molecule has 1 aliphatic heterocycles. The van der Waals surface area contributed by atoms with E-state index in [4.69, 9.17) is 0 Å². The second kappa shape index (κ2) is 8.78. The van der Waals surface area contributed by atoms with Gasteiger partial charge in [0.2, 0.25) is 15.9 Å². The van der Waals surface area contributed by atoms with E-state index in [0.29, 0.717) is 31.4 Å². The van der Waals surface area contributed by atoms with Crippen molar-refractivity contribution in [1.82, 2.24) is 9.21 Å². The zero-order valence-electron chi connectivity index (χ0n) is 15.4. The summed E-state index contributed by atoms with van der Waals surface area (Å²) in [4.78, 5) is 14.7. The molecule has 1 aromatic rings. The van der Waals surface area contributed by atoms with Crippen LogP contribution in [0.15, 0.2) is 29.2 Å². The van der Waals surface area contributed by atoms with Gasteiger partial charge in [0.1, 0.15) is 0 Å². The van der Waals surface area contributed by atoms with Crippen LogP contribution in [0.4, 0.5) is 5.69 Å². The number of piperidine rings is 1. The van der Waals surface area contributed by atoms with Gasteiger partial charge >= 0.3 is 0 Å². The maximum Gasteiger partial charge on any atom is 0.243 e. The summed E-state index contributed by atoms with van der Waals surface area (Å²) in [5.41, 5.74) is 0.517. The van der Waals surface area contributed by atoms with Crippen molar-refractivity contribution in [3.8, 4) is 0 Å². The Morgan fingerprint density at radius 2 is 2.00 bits per heavy atom. The topological polar surface area (TPSA) is 69.7 Å². The molecule has 7 heteroatoms. The molecule has 0 unspecified atom stereocenters. The largest absolute Gasteiger partial charge is 0.325 e. The van der Waals surface area contributed by atoms with E-state index in [9.17, 15) is 13.2 Å². The first-order valence-corrected chi connectivity index (χ1v) is 10.5. The van der Waals surface area contributed by atoms with Crippen molar-refractivity contribution in [2.45, 2.75) is 51.0 Å². The second-order valence-electron chi connectivity index (χ2n) is 6.48. The molecule has 0 aromatic heterocycles. The lowest BCUT2D eigenvalue weighted by Crippen LogP contribution is -2.42. The van der Waals surface area contributed by atoms with E-state index in [1.807, 2.05) is 13.8 Å². The highest BCUT2D eigenvalue weighted by Gasteiger charge is 2.23. The summed E-state index contributed by atoms with van der Waals surface area (Å²) in [5, 5.41) is 2.83. The average molecular weight is 368 g/mol. The van der Waals surface area contributed by atoms with Crippen molar-refractivity contribution >= 4 is 21.6 Å². The van der Waals surface area contributed by atoms with Crippen LogP contribution < -0.4 is 5.32 Å². The summed E-state index contributed by atoms with van der Waals surface area (Å²) in [6, 6.07) is 6.89. The molecule has 25 heavy (non-hydrogen) atoms. The molecule has 1 heterocycles. The molecule has 0 spiro atoms.